The van der Waals surface area contributed by atoms with Crippen LogP contribution < -0.4 is 5.32 Å². The van der Waals surface area contributed by atoms with Gasteiger partial charge in [0.1, 0.15) is 23.9 Å². The molecule has 0 atom stereocenters. The highest BCUT2D eigenvalue weighted by Crippen LogP contribution is 2.30. The van der Waals surface area contributed by atoms with Crippen molar-refractivity contribution in [2.75, 3.05) is 5.32 Å². The summed E-state index contributed by atoms with van der Waals surface area (Å²) in [7, 11) is 0. The summed E-state index contributed by atoms with van der Waals surface area (Å²) in [5.74, 6) is 0.552. The fourth-order valence-corrected chi connectivity index (χ4v) is 2.14. The highest BCUT2D eigenvalue weighted by Gasteiger charge is 2.15. The monoisotopic (exact) mass is 339 g/mol. The summed E-state index contributed by atoms with van der Waals surface area (Å²) >= 11 is 0. The van der Waals surface area contributed by atoms with E-state index in [2.05, 4.69) is 20.5 Å². The zero-order valence-corrected chi connectivity index (χ0v) is 13.2. The summed E-state index contributed by atoms with van der Waals surface area (Å²) in [4.78, 5) is 3.94. The van der Waals surface area contributed by atoms with Gasteiger partial charge in [0, 0.05) is 18.0 Å². The minimum Gasteiger partial charge on any atom is -0.416 e. The number of rotatable bonds is 4. The number of nitrogens with zero attached hydrogens (tertiary/aromatic N) is 6. The molecule has 0 bridgehead atoms. The molecule has 8 heteroatoms. The molecular formula is C18H9N7O. The number of allylic oxidation sites excluding steroid dienone is 2. The molecule has 8 nitrogen and oxygen atoms in total. The molecule has 2 heterocycles. The molecule has 0 amide bonds. The van der Waals surface area contributed by atoms with E-state index >= 15 is 0 Å². The second-order valence-electron chi connectivity index (χ2n) is 4.90. The lowest BCUT2D eigenvalue weighted by Crippen LogP contribution is -2.02. The van der Waals surface area contributed by atoms with Gasteiger partial charge in [0.25, 0.3) is 0 Å². The minimum absolute atomic E-state index is 0.156. The Hall–Kier alpha value is -4.48. The van der Waals surface area contributed by atoms with Gasteiger partial charge in [-0.25, -0.2) is 0 Å². The first kappa shape index (κ1) is 16.4. The molecule has 122 valence electrons. The Bertz CT molecular complexity index is 1080. The van der Waals surface area contributed by atoms with Gasteiger partial charge in [-0.3, -0.25) is 4.98 Å². The molecule has 0 unspecified atom stereocenters. The van der Waals surface area contributed by atoms with Crippen molar-refractivity contribution in [1.29, 1.82) is 15.8 Å². The van der Waals surface area contributed by atoms with Crippen LogP contribution in [0.2, 0.25) is 0 Å². The van der Waals surface area contributed by atoms with Crippen LogP contribution in [0.15, 0.2) is 64.5 Å². The van der Waals surface area contributed by atoms with Gasteiger partial charge < -0.3 is 9.73 Å². The molecule has 0 saturated heterocycles. The summed E-state index contributed by atoms with van der Waals surface area (Å²) in [6, 6.07) is 15.6. The summed E-state index contributed by atoms with van der Waals surface area (Å²) < 4.78 is 5.71. The standard InChI is InChI=1S/C18H9N7O/c19-9-13(10-20)16(11-21)23-15-4-2-1-3-14(15)18-25-24-17(26-18)12-5-7-22-8-6-12/h1-8,23H. The van der Waals surface area contributed by atoms with Gasteiger partial charge in [-0.15, -0.1) is 10.2 Å². The van der Waals surface area contributed by atoms with Crippen LogP contribution in [0.5, 0.6) is 0 Å². The van der Waals surface area contributed by atoms with Crippen LogP contribution in [0.4, 0.5) is 5.69 Å². The van der Waals surface area contributed by atoms with Crippen molar-refractivity contribution in [2.24, 2.45) is 0 Å². The van der Waals surface area contributed by atoms with Crippen molar-refractivity contribution in [3.8, 4) is 41.1 Å². The Balaban J connectivity index is 2.01. The molecule has 0 saturated carbocycles. The number of anilines is 1. The number of para-hydroxylation sites is 1. The van der Waals surface area contributed by atoms with Gasteiger partial charge in [0.2, 0.25) is 11.8 Å². The van der Waals surface area contributed by atoms with Crippen molar-refractivity contribution in [3.05, 3.63) is 60.1 Å². The van der Waals surface area contributed by atoms with Gasteiger partial charge in [-0.05, 0) is 24.3 Å². The SMILES string of the molecule is N#CC(C#N)=C(C#N)Nc1ccccc1-c1nnc(-c2ccncc2)o1. The van der Waals surface area contributed by atoms with Crippen LogP contribution in [-0.4, -0.2) is 15.2 Å². The van der Waals surface area contributed by atoms with E-state index in [-0.39, 0.29) is 17.2 Å². The predicted octanol–water partition coefficient (Wildman–Crippen LogP) is 3.04. The minimum atomic E-state index is -0.315. The van der Waals surface area contributed by atoms with E-state index in [1.54, 1.807) is 60.9 Å². The van der Waals surface area contributed by atoms with Gasteiger partial charge in [-0.2, -0.15) is 15.8 Å². The van der Waals surface area contributed by atoms with Crippen molar-refractivity contribution in [3.63, 3.8) is 0 Å². The van der Waals surface area contributed by atoms with E-state index in [4.69, 9.17) is 14.9 Å². The first-order valence-electron chi connectivity index (χ1n) is 7.31. The Morgan fingerprint density at radius 1 is 0.885 bits per heavy atom. The van der Waals surface area contributed by atoms with Crippen molar-refractivity contribution < 1.29 is 4.42 Å². The first-order chi connectivity index (χ1) is 12.8. The third-order valence-electron chi connectivity index (χ3n) is 3.35. The third kappa shape index (κ3) is 3.23. The number of hydrogen-bond acceptors (Lipinski definition) is 8. The lowest BCUT2D eigenvalue weighted by atomic mass is 10.1. The van der Waals surface area contributed by atoms with E-state index in [1.807, 2.05) is 6.07 Å². The summed E-state index contributed by atoms with van der Waals surface area (Å²) in [6.07, 6.45) is 3.23. The predicted molar refractivity (Wildman–Crippen MR) is 90.5 cm³/mol. The molecule has 0 aliphatic heterocycles. The average molecular weight is 339 g/mol. The molecule has 2 aromatic heterocycles. The average Bonchev–Trinajstić information content (AvgIpc) is 3.19. The van der Waals surface area contributed by atoms with Gasteiger partial charge in [-0.1, -0.05) is 12.1 Å². The Morgan fingerprint density at radius 3 is 2.27 bits per heavy atom. The summed E-state index contributed by atoms with van der Waals surface area (Å²) in [5, 5.41) is 37.9. The first-order valence-corrected chi connectivity index (χ1v) is 7.31. The molecule has 0 aliphatic rings. The Kier molecular flexibility index (Phi) is 4.66. The van der Waals surface area contributed by atoms with Crippen LogP contribution in [0.1, 0.15) is 0 Å². The van der Waals surface area contributed by atoms with E-state index < -0.39 is 0 Å². The zero-order valence-electron chi connectivity index (χ0n) is 13.2. The zero-order chi connectivity index (χ0) is 18.4. The normalized spacial score (nSPS) is 9.42. The number of aromatic nitrogens is 3. The molecule has 26 heavy (non-hydrogen) atoms. The van der Waals surface area contributed by atoms with Crippen LogP contribution >= 0.6 is 0 Å². The molecule has 3 rings (SSSR count). The lowest BCUT2D eigenvalue weighted by Gasteiger charge is -2.08. The second kappa shape index (κ2) is 7.39. The van der Waals surface area contributed by atoms with Gasteiger partial charge in [0.15, 0.2) is 5.57 Å². The molecule has 1 aromatic carbocycles. The van der Waals surface area contributed by atoms with Crippen LogP contribution in [0.3, 0.4) is 0 Å². The third-order valence-corrected chi connectivity index (χ3v) is 3.35. The Morgan fingerprint density at radius 2 is 1.58 bits per heavy atom. The van der Waals surface area contributed by atoms with Crippen molar-refractivity contribution >= 4 is 5.69 Å². The number of nitriles is 3. The number of pyridine rings is 1. The maximum atomic E-state index is 9.20. The maximum absolute atomic E-state index is 9.20. The van der Waals surface area contributed by atoms with E-state index in [0.717, 1.165) is 5.56 Å². The molecule has 1 N–H and O–H groups in total. The van der Waals surface area contributed by atoms with Crippen molar-refractivity contribution in [2.45, 2.75) is 0 Å². The van der Waals surface area contributed by atoms with Crippen LogP contribution in [-0.2, 0) is 0 Å². The number of hydrogen-bond donors (Lipinski definition) is 1. The lowest BCUT2D eigenvalue weighted by molar-refractivity contribution is 0.584. The fourth-order valence-electron chi connectivity index (χ4n) is 2.14. The number of nitrogens with one attached hydrogen (secondary N) is 1. The number of benzene rings is 1. The van der Waals surface area contributed by atoms with Crippen LogP contribution in [0.25, 0.3) is 22.9 Å². The second-order valence-corrected chi connectivity index (χ2v) is 4.90. The van der Waals surface area contributed by atoms with Crippen LogP contribution in [0, 0.1) is 34.0 Å². The Labute approximate surface area is 148 Å². The topological polar surface area (TPSA) is 135 Å². The quantitative estimate of drug-likeness (QED) is 0.716. The molecule has 0 spiro atoms. The molecule has 0 aliphatic carbocycles. The van der Waals surface area contributed by atoms with Gasteiger partial charge >= 0.3 is 0 Å². The van der Waals surface area contributed by atoms with E-state index in [1.165, 1.54) is 0 Å². The summed E-state index contributed by atoms with van der Waals surface area (Å²) in [6.45, 7) is 0. The van der Waals surface area contributed by atoms with E-state index in [9.17, 15) is 5.26 Å². The van der Waals surface area contributed by atoms with E-state index in [0.29, 0.717) is 17.1 Å². The van der Waals surface area contributed by atoms with Gasteiger partial charge in [0.05, 0.1) is 11.3 Å². The summed E-state index contributed by atoms with van der Waals surface area (Å²) in [5.41, 5.74) is 1.24. The smallest absolute Gasteiger partial charge is 0.250 e. The molecule has 0 radical (unpaired) electrons. The fraction of sp³-hybridized carbons (Fsp3) is 0. The molecular weight excluding hydrogens is 330 g/mol. The maximum Gasteiger partial charge on any atom is 0.250 e. The largest absolute Gasteiger partial charge is 0.416 e. The highest BCUT2D eigenvalue weighted by molar-refractivity contribution is 5.75. The molecule has 3 aromatic rings. The molecule has 0 fully saturated rings. The highest BCUT2D eigenvalue weighted by atomic mass is 16.4. The van der Waals surface area contributed by atoms with Crippen molar-refractivity contribution in [1.82, 2.24) is 15.2 Å².